The minimum atomic E-state index is -4.90. The van der Waals surface area contributed by atoms with Crippen LogP contribution in [0.25, 0.3) is 0 Å². The van der Waals surface area contributed by atoms with E-state index in [1.54, 1.807) is 11.4 Å². The van der Waals surface area contributed by atoms with Gasteiger partial charge in [-0.3, -0.25) is 4.79 Å². The summed E-state index contributed by atoms with van der Waals surface area (Å²) in [6.45, 7) is -0.127. The Bertz CT molecular complexity index is 518. The van der Waals surface area contributed by atoms with Crippen molar-refractivity contribution in [2.24, 2.45) is 0 Å². The topological polar surface area (TPSA) is 38.3 Å². The molecule has 3 nitrogen and oxygen atoms in total. The van der Waals surface area contributed by atoms with Crippen molar-refractivity contribution in [3.8, 4) is 5.75 Å². The summed E-state index contributed by atoms with van der Waals surface area (Å²) in [5.41, 5.74) is -3.82. The first-order chi connectivity index (χ1) is 10.6. The van der Waals surface area contributed by atoms with Gasteiger partial charge in [0.05, 0.1) is 0 Å². The Labute approximate surface area is 132 Å². The smallest absolute Gasteiger partial charge is 0.417 e. The molecule has 0 unspecified atom stereocenters. The molecule has 1 rings (SSSR count). The SMILES string of the molecule is O=C(NCCCCc1cccc(OSC(F)(F)F)c1)C(F)(F)F. The molecule has 0 spiro atoms. The van der Waals surface area contributed by atoms with E-state index in [4.69, 9.17) is 0 Å². The second-order valence-electron chi connectivity index (χ2n) is 4.47. The summed E-state index contributed by atoms with van der Waals surface area (Å²) in [4.78, 5) is 10.5. The molecule has 1 aromatic rings. The molecular weight excluding hydrogens is 348 g/mol. The van der Waals surface area contributed by atoms with Gasteiger partial charge in [-0.2, -0.15) is 26.3 Å². The molecule has 1 amide bonds. The Hall–Kier alpha value is -1.58. The van der Waals surface area contributed by atoms with E-state index in [2.05, 4.69) is 4.18 Å². The average molecular weight is 361 g/mol. The lowest BCUT2D eigenvalue weighted by Crippen LogP contribution is -2.37. The molecule has 0 aliphatic carbocycles. The summed E-state index contributed by atoms with van der Waals surface area (Å²) in [6.07, 6.45) is -3.68. The van der Waals surface area contributed by atoms with E-state index < -0.39 is 29.6 Å². The van der Waals surface area contributed by atoms with E-state index in [0.717, 1.165) is 0 Å². The van der Waals surface area contributed by atoms with E-state index in [0.29, 0.717) is 24.8 Å². The second-order valence-corrected chi connectivity index (χ2v) is 5.27. The summed E-state index contributed by atoms with van der Waals surface area (Å²) >= 11 is -0.621. The molecule has 0 bridgehead atoms. The number of benzene rings is 1. The largest absolute Gasteiger partial charge is 0.479 e. The van der Waals surface area contributed by atoms with Gasteiger partial charge in [0.2, 0.25) is 0 Å². The van der Waals surface area contributed by atoms with Crippen molar-refractivity contribution in [3.63, 3.8) is 0 Å². The highest BCUT2D eigenvalue weighted by atomic mass is 32.2. The van der Waals surface area contributed by atoms with E-state index in [-0.39, 0.29) is 12.3 Å². The van der Waals surface area contributed by atoms with Crippen molar-refractivity contribution in [1.29, 1.82) is 0 Å². The van der Waals surface area contributed by atoms with Crippen LogP contribution < -0.4 is 9.50 Å². The van der Waals surface area contributed by atoms with Gasteiger partial charge in [0.25, 0.3) is 0 Å². The van der Waals surface area contributed by atoms with E-state index in [1.807, 2.05) is 0 Å². The maximum atomic E-state index is 12.0. The fourth-order valence-electron chi connectivity index (χ4n) is 1.60. The van der Waals surface area contributed by atoms with Crippen LogP contribution in [0.1, 0.15) is 18.4 Å². The summed E-state index contributed by atoms with van der Waals surface area (Å²) in [6, 6.07) is 5.98. The van der Waals surface area contributed by atoms with Crippen molar-refractivity contribution < 1.29 is 35.3 Å². The molecule has 0 heterocycles. The number of nitrogens with one attached hydrogen (secondary N) is 1. The van der Waals surface area contributed by atoms with Crippen LogP contribution in [0.4, 0.5) is 26.3 Å². The Kier molecular flexibility index (Phi) is 7.04. The number of amides is 1. The van der Waals surface area contributed by atoms with Crippen LogP contribution in [0.3, 0.4) is 0 Å². The molecule has 23 heavy (non-hydrogen) atoms. The van der Waals surface area contributed by atoms with Gasteiger partial charge in [-0.1, -0.05) is 12.1 Å². The van der Waals surface area contributed by atoms with Crippen molar-refractivity contribution in [1.82, 2.24) is 5.32 Å². The maximum Gasteiger partial charge on any atom is 0.479 e. The van der Waals surface area contributed by atoms with Gasteiger partial charge in [-0.05, 0) is 37.0 Å². The summed E-state index contributed by atoms with van der Waals surface area (Å²) in [7, 11) is 0. The molecule has 0 atom stereocenters. The highest BCUT2D eigenvalue weighted by Gasteiger charge is 2.38. The molecule has 10 heteroatoms. The number of hydrogen-bond acceptors (Lipinski definition) is 3. The summed E-state index contributed by atoms with van der Waals surface area (Å²) in [5.74, 6) is -1.95. The van der Waals surface area contributed by atoms with Crippen molar-refractivity contribution in [2.75, 3.05) is 6.54 Å². The zero-order valence-corrected chi connectivity index (χ0v) is 12.4. The van der Waals surface area contributed by atoms with Crippen LogP contribution in [0.2, 0.25) is 0 Å². The first-order valence-corrected chi connectivity index (χ1v) is 7.18. The predicted octanol–water partition coefficient (Wildman–Crippen LogP) is 4.23. The Morgan fingerprint density at radius 1 is 1.13 bits per heavy atom. The van der Waals surface area contributed by atoms with Crippen molar-refractivity contribution in [3.05, 3.63) is 29.8 Å². The zero-order chi connectivity index (χ0) is 17.5. The van der Waals surface area contributed by atoms with Crippen LogP contribution in [0.5, 0.6) is 5.75 Å². The molecule has 1 N–H and O–H groups in total. The van der Waals surface area contributed by atoms with Crippen molar-refractivity contribution in [2.45, 2.75) is 30.9 Å². The minimum absolute atomic E-state index is 0.0372. The zero-order valence-electron chi connectivity index (χ0n) is 11.6. The lowest BCUT2D eigenvalue weighted by atomic mass is 10.1. The maximum absolute atomic E-state index is 12.0. The fraction of sp³-hybridized carbons (Fsp3) is 0.462. The van der Waals surface area contributed by atoms with Crippen LogP contribution in [-0.4, -0.2) is 24.1 Å². The number of aryl methyl sites for hydroxylation is 1. The Morgan fingerprint density at radius 2 is 1.83 bits per heavy atom. The van der Waals surface area contributed by atoms with E-state index in [9.17, 15) is 31.1 Å². The Balaban J connectivity index is 2.31. The number of rotatable bonds is 7. The van der Waals surface area contributed by atoms with Crippen molar-refractivity contribution >= 4 is 17.9 Å². The molecule has 0 saturated heterocycles. The molecule has 0 aromatic heterocycles. The van der Waals surface area contributed by atoms with Crippen LogP contribution >= 0.6 is 12.0 Å². The molecule has 0 fully saturated rings. The lowest BCUT2D eigenvalue weighted by Gasteiger charge is -2.09. The van der Waals surface area contributed by atoms with Gasteiger partial charge in [0, 0.05) is 6.54 Å². The molecule has 1 aromatic carbocycles. The predicted molar refractivity (Wildman–Crippen MR) is 72.7 cm³/mol. The average Bonchev–Trinajstić information content (AvgIpc) is 2.43. The standard InChI is InChI=1S/C13H13F6NO2S/c14-12(15,16)11(21)20-7-2-1-4-9-5-3-6-10(8-9)22-23-13(17,18)19/h3,5-6,8H,1-2,4,7H2,(H,20,21). The van der Waals surface area contributed by atoms with Gasteiger partial charge in [-0.25, -0.2) is 0 Å². The fourth-order valence-corrected chi connectivity index (χ4v) is 1.90. The van der Waals surface area contributed by atoms with Crippen LogP contribution in [0, 0.1) is 0 Å². The van der Waals surface area contributed by atoms with Gasteiger partial charge in [0.1, 0.15) is 5.75 Å². The third-order valence-electron chi connectivity index (χ3n) is 2.57. The monoisotopic (exact) mass is 361 g/mol. The molecule has 130 valence electrons. The summed E-state index contributed by atoms with van der Waals surface area (Å²) < 4.78 is 76.3. The number of carbonyl (C=O) groups is 1. The van der Waals surface area contributed by atoms with Gasteiger partial charge in [0.15, 0.2) is 12.0 Å². The van der Waals surface area contributed by atoms with E-state index in [1.165, 1.54) is 18.2 Å². The third kappa shape index (κ3) is 8.58. The highest BCUT2D eigenvalue weighted by molar-refractivity contribution is 7.95. The van der Waals surface area contributed by atoms with Crippen LogP contribution in [0.15, 0.2) is 24.3 Å². The molecule has 0 radical (unpaired) electrons. The number of alkyl halides is 6. The van der Waals surface area contributed by atoms with Crippen LogP contribution in [-0.2, 0) is 11.2 Å². The second kappa shape index (κ2) is 8.32. The Morgan fingerprint density at radius 3 is 2.43 bits per heavy atom. The molecule has 0 aliphatic heterocycles. The first-order valence-electron chi connectivity index (χ1n) is 6.44. The third-order valence-corrected chi connectivity index (χ3v) is 3.03. The minimum Gasteiger partial charge on any atom is -0.417 e. The van der Waals surface area contributed by atoms with Gasteiger partial charge in [-0.15, -0.1) is 0 Å². The van der Waals surface area contributed by atoms with Gasteiger partial charge < -0.3 is 9.50 Å². The number of hydrogen-bond donors (Lipinski definition) is 1. The molecule has 0 aliphatic rings. The van der Waals surface area contributed by atoms with Gasteiger partial charge >= 0.3 is 17.6 Å². The molecule has 0 saturated carbocycles. The van der Waals surface area contributed by atoms with E-state index >= 15 is 0 Å². The number of halogens is 6. The summed E-state index contributed by atoms with van der Waals surface area (Å²) in [5, 5.41) is 1.74. The number of unbranched alkanes of at least 4 members (excludes halogenated alkanes) is 1. The number of carbonyl (C=O) groups excluding carboxylic acids is 1. The normalized spacial score (nSPS) is 12.1. The quantitative estimate of drug-likeness (QED) is 0.449. The highest BCUT2D eigenvalue weighted by Crippen LogP contribution is 2.32. The lowest BCUT2D eigenvalue weighted by molar-refractivity contribution is -0.173. The first kappa shape index (κ1) is 19.5. The molecular formula is C13H13F6NO2S.